The Kier molecular flexibility index (Phi) is 5.09. The summed E-state index contributed by atoms with van der Waals surface area (Å²) in [4.78, 5) is 11.6. The van der Waals surface area contributed by atoms with Crippen LogP contribution in [0.5, 0.6) is 0 Å². The summed E-state index contributed by atoms with van der Waals surface area (Å²) in [5.41, 5.74) is 0. The number of amides is 1. The monoisotopic (exact) mass is 239 g/mol. The first kappa shape index (κ1) is 13.6. The third kappa shape index (κ3) is 4.14. The number of aromatic nitrogens is 3. The van der Waals surface area contributed by atoms with Crippen LogP contribution in [-0.4, -0.2) is 33.3 Å². The molecule has 1 rings (SSSR count). The molecule has 96 valence electrons. The highest BCUT2D eigenvalue weighted by Crippen LogP contribution is 2.05. The second kappa shape index (κ2) is 6.34. The van der Waals surface area contributed by atoms with Gasteiger partial charge in [-0.15, -0.1) is 10.2 Å². The number of aryl methyl sites for hydroxylation is 1. The third-order valence-corrected chi connectivity index (χ3v) is 2.72. The third-order valence-electron chi connectivity index (χ3n) is 2.72. The van der Waals surface area contributed by atoms with Crippen LogP contribution in [0.4, 0.5) is 0 Å². The first-order chi connectivity index (χ1) is 8.04. The van der Waals surface area contributed by atoms with E-state index in [4.69, 9.17) is 0 Å². The summed E-state index contributed by atoms with van der Waals surface area (Å²) in [6, 6.07) is 0.222. The summed E-state index contributed by atoms with van der Waals surface area (Å²) in [5, 5.41) is 13.8. The molecular formula is C11H21N5O. The van der Waals surface area contributed by atoms with Crippen molar-refractivity contribution in [2.24, 2.45) is 7.05 Å². The predicted octanol–water partition coefficient (Wildman–Crippen LogP) is 0.380. The molecule has 2 unspecified atom stereocenters. The van der Waals surface area contributed by atoms with E-state index in [9.17, 15) is 4.79 Å². The topological polar surface area (TPSA) is 71.8 Å². The Balaban J connectivity index is 2.36. The van der Waals surface area contributed by atoms with Gasteiger partial charge in [-0.25, -0.2) is 0 Å². The maximum atomic E-state index is 11.6. The second-order valence-corrected chi connectivity index (χ2v) is 4.28. The smallest absolute Gasteiger partial charge is 0.234 e. The second-order valence-electron chi connectivity index (χ2n) is 4.28. The fraction of sp³-hybridized carbons (Fsp3) is 0.727. The minimum absolute atomic E-state index is 0.00480. The SMILES string of the molecule is CCC(C)NC(=O)CNC(C)c1nncn1C. The first-order valence-electron chi connectivity index (χ1n) is 5.91. The zero-order valence-corrected chi connectivity index (χ0v) is 10.9. The van der Waals surface area contributed by atoms with Gasteiger partial charge in [0.25, 0.3) is 0 Å². The van der Waals surface area contributed by atoms with Gasteiger partial charge in [0.05, 0.1) is 12.6 Å². The standard InChI is InChI=1S/C11H21N5O/c1-5-8(2)14-10(17)6-12-9(3)11-15-13-7-16(11)4/h7-9,12H,5-6H2,1-4H3,(H,14,17). The number of hydrogen-bond acceptors (Lipinski definition) is 4. The summed E-state index contributed by atoms with van der Waals surface area (Å²) in [6.45, 7) is 6.28. The molecule has 6 heteroatoms. The van der Waals surface area contributed by atoms with Crippen molar-refractivity contribution >= 4 is 5.91 Å². The molecule has 0 saturated carbocycles. The van der Waals surface area contributed by atoms with Crippen LogP contribution in [-0.2, 0) is 11.8 Å². The van der Waals surface area contributed by atoms with E-state index in [1.54, 1.807) is 6.33 Å². The molecular weight excluding hydrogens is 218 g/mol. The summed E-state index contributed by atoms with van der Waals surface area (Å²) in [7, 11) is 1.88. The van der Waals surface area contributed by atoms with Gasteiger partial charge in [0.15, 0.2) is 0 Å². The van der Waals surface area contributed by atoms with Crippen LogP contribution < -0.4 is 10.6 Å². The Morgan fingerprint density at radius 1 is 1.53 bits per heavy atom. The van der Waals surface area contributed by atoms with Crippen LogP contribution in [0.25, 0.3) is 0 Å². The van der Waals surface area contributed by atoms with Crippen LogP contribution in [0, 0.1) is 0 Å². The molecule has 1 heterocycles. The van der Waals surface area contributed by atoms with Crippen LogP contribution in [0.3, 0.4) is 0 Å². The maximum Gasteiger partial charge on any atom is 0.234 e. The molecule has 0 aliphatic carbocycles. The van der Waals surface area contributed by atoms with Crippen molar-refractivity contribution in [2.75, 3.05) is 6.54 Å². The number of hydrogen-bond donors (Lipinski definition) is 2. The molecule has 1 aromatic heterocycles. The molecule has 0 spiro atoms. The highest BCUT2D eigenvalue weighted by atomic mass is 16.1. The quantitative estimate of drug-likeness (QED) is 0.753. The van der Waals surface area contributed by atoms with E-state index in [1.807, 2.05) is 32.4 Å². The summed E-state index contributed by atoms with van der Waals surface area (Å²) >= 11 is 0. The highest BCUT2D eigenvalue weighted by molar-refractivity contribution is 5.78. The zero-order chi connectivity index (χ0) is 12.8. The fourth-order valence-electron chi connectivity index (χ4n) is 1.45. The molecule has 0 aliphatic heterocycles. The van der Waals surface area contributed by atoms with Crippen molar-refractivity contribution in [1.82, 2.24) is 25.4 Å². The minimum atomic E-state index is 0.00480. The molecule has 0 bridgehead atoms. The van der Waals surface area contributed by atoms with Gasteiger partial charge in [-0.3, -0.25) is 10.1 Å². The van der Waals surface area contributed by atoms with Crippen molar-refractivity contribution in [2.45, 2.75) is 39.3 Å². The molecule has 0 saturated heterocycles. The van der Waals surface area contributed by atoms with E-state index in [0.717, 1.165) is 12.2 Å². The largest absolute Gasteiger partial charge is 0.353 e. The molecule has 0 fully saturated rings. The van der Waals surface area contributed by atoms with Gasteiger partial charge in [0.1, 0.15) is 12.2 Å². The zero-order valence-electron chi connectivity index (χ0n) is 10.9. The number of nitrogens with one attached hydrogen (secondary N) is 2. The summed E-state index contributed by atoms with van der Waals surface area (Å²) in [5.74, 6) is 0.828. The van der Waals surface area contributed by atoms with E-state index < -0.39 is 0 Å². The fourth-order valence-corrected chi connectivity index (χ4v) is 1.45. The Morgan fingerprint density at radius 2 is 2.24 bits per heavy atom. The van der Waals surface area contributed by atoms with E-state index in [-0.39, 0.29) is 18.0 Å². The Hall–Kier alpha value is -1.43. The van der Waals surface area contributed by atoms with E-state index in [1.165, 1.54) is 0 Å². The van der Waals surface area contributed by atoms with Gasteiger partial charge >= 0.3 is 0 Å². The average molecular weight is 239 g/mol. The lowest BCUT2D eigenvalue weighted by atomic mass is 10.2. The van der Waals surface area contributed by atoms with Crippen molar-refractivity contribution in [3.05, 3.63) is 12.2 Å². The molecule has 1 aromatic rings. The summed E-state index contributed by atoms with van der Waals surface area (Å²) in [6.07, 6.45) is 2.58. The normalized spacial score (nSPS) is 14.4. The Morgan fingerprint density at radius 3 is 2.76 bits per heavy atom. The lowest BCUT2D eigenvalue weighted by Gasteiger charge is -2.15. The van der Waals surface area contributed by atoms with E-state index in [2.05, 4.69) is 20.8 Å². The lowest BCUT2D eigenvalue weighted by Crippen LogP contribution is -2.39. The lowest BCUT2D eigenvalue weighted by molar-refractivity contribution is -0.121. The molecule has 6 nitrogen and oxygen atoms in total. The number of carbonyl (C=O) groups is 1. The number of rotatable bonds is 6. The van der Waals surface area contributed by atoms with Crippen LogP contribution in [0.2, 0.25) is 0 Å². The number of nitrogens with zero attached hydrogens (tertiary/aromatic N) is 3. The van der Waals surface area contributed by atoms with Crippen LogP contribution >= 0.6 is 0 Å². The van der Waals surface area contributed by atoms with Gasteiger partial charge in [-0.05, 0) is 20.3 Å². The van der Waals surface area contributed by atoms with Crippen molar-refractivity contribution < 1.29 is 4.79 Å². The van der Waals surface area contributed by atoms with E-state index >= 15 is 0 Å². The van der Waals surface area contributed by atoms with Gasteiger partial charge < -0.3 is 9.88 Å². The maximum absolute atomic E-state index is 11.6. The van der Waals surface area contributed by atoms with Crippen LogP contribution in [0.1, 0.15) is 39.1 Å². The van der Waals surface area contributed by atoms with Crippen molar-refractivity contribution in [3.8, 4) is 0 Å². The molecule has 2 atom stereocenters. The van der Waals surface area contributed by atoms with Gasteiger partial charge in [-0.1, -0.05) is 6.92 Å². The van der Waals surface area contributed by atoms with Gasteiger partial charge in [0.2, 0.25) is 5.91 Å². The summed E-state index contributed by atoms with van der Waals surface area (Å²) < 4.78 is 1.84. The minimum Gasteiger partial charge on any atom is -0.353 e. The molecule has 2 N–H and O–H groups in total. The van der Waals surface area contributed by atoms with Gasteiger partial charge in [0, 0.05) is 13.1 Å². The Bertz CT molecular complexity index is 362. The number of carbonyl (C=O) groups excluding carboxylic acids is 1. The van der Waals surface area contributed by atoms with Crippen LogP contribution in [0.15, 0.2) is 6.33 Å². The first-order valence-corrected chi connectivity index (χ1v) is 5.91. The molecule has 0 aromatic carbocycles. The average Bonchev–Trinajstić information content (AvgIpc) is 2.72. The van der Waals surface area contributed by atoms with Crippen molar-refractivity contribution in [1.29, 1.82) is 0 Å². The molecule has 0 radical (unpaired) electrons. The molecule has 1 amide bonds. The highest BCUT2D eigenvalue weighted by Gasteiger charge is 2.12. The predicted molar refractivity (Wildman–Crippen MR) is 65.3 cm³/mol. The van der Waals surface area contributed by atoms with Crippen molar-refractivity contribution in [3.63, 3.8) is 0 Å². The molecule has 17 heavy (non-hydrogen) atoms. The molecule has 0 aliphatic rings. The van der Waals surface area contributed by atoms with Gasteiger partial charge in [-0.2, -0.15) is 0 Å². The Labute approximate surface area is 102 Å². The van der Waals surface area contributed by atoms with E-state index in [0.29, 0.717) is 6.54 Å².